The first-order valence-corrected chi connectivity index (χ1v) is 9.85. The number of hydrogen-bond acceptors (Lipinski definition) is 2. The van der Waals surface area contributed by atoms with Gasteiger partial charge in [0, 0.05) is 26.5 Å². The lowest BCUT2D eigenvalue weighted by Crippen LogP contribution is -2.31. The van der Waals surface area contributed by atoms with Gasteiger partial charge < -0.3 is 4.42 Å². The fourth-order valence-corrected chi connectivity index (χ4v) is 4.17. The molecule has 31 heavy (non-hydrogen) atoms. The molecular formula is C27H20FN2O+. The van der Waals surface area contributed by atoms with E-state index in [1.165, 1.54) is 12.3 Å². The molecule has 0 N–H and O–H groups in total. The maximum Gasteiger partial charge on any atom is 0.216 e. The summed E-state index contributed by atoms with van der Waals surface area (Å²) in [6.45, 7) is -0.690. The van der Waals surface area contributed by atoms with E-state index in [2.05, 4.69) is 6.07 Å². The van der Waals surface area contributed by atoms with Gasteiger partial charge in [0.15, 0.2) is 5.82 Å². The summed E-state index contributed by atoms with van der Waals surface area (Å²) in [5.41, 5.74) is 4.90. The van der Waals surface area contributed by atoms with Crippen LogP contribution in [0.5, 0.6) is 0 Å². The Hall–Kier alpha value is -3.97. The molecule has 4 heteroatoms. The molecule has 5 aromatic rings. The van der Waals surface area contributed by atoms with Crippen molar-refractivity contribution >= 4 is 21.9 Å². The van der Waals surface area contributed by atoms with Crippen molar-refractivity contribution in [2.45, 2.75) is 13.8 Å². The number of nitriles is 1. The minimum atomic E-state index is -2.59. The monoisotopic (exact) mass is 410 g/mol. The second-order valence-electron chi connectivity index (χ2n) is 7.61. The molecule has 0 amide bonds. The smallest absolute Gasteiger partial charge is 0.216 e. The Bertz CT molecular complexity index is 1630. The Morgan fingerprint density at radius 2 is 1.68 bits per heavy atom. The third-order valence-corrected chi connectivity index (χ3v) is 5.68. The molecule has 3 nitrogen and oxygen atoms in total. The summed E-state index contributed by atoms with van der Waals surface area (Å²) >= 11 is 0. The molecule has 0 saturated heterocycles. The third-order valence-electron chi connectivity index (χ3n) is 5.68. The largest absolute Gasteiger partial charge is 0.454 e. The second kappa shape index (κ2) is 7.07. The molecule has 0 fully saturated rings. The van der Waals surface area contributed by atoms with Gasteiger partial charge in [-0.25, -0.2) is 4.39 Å². The number of aromatic nitrogens is 1. The van der Waals surface area contributed by atoms with Gasteiger partial charge in [0.25, 0.3) is 0 Å². The maximum absolute atomic E-state index is 14.5. The SMILES string of the molecule is [2H]C([2H])([2H])c1cc(-c2c(C)ccc3c2oc2c(-c4ccccc4)c(C#N)ccc23)[n+](C)cc1F. The lowest BCUT2D eigenvalue weighted by atomic mass is 9.96. The van der Waals surface area contributed by atoms with Crippen LogP contribution in [-0.4, -0.2) is 0 Å². The molecule has 0 bridgehead atoms. The van der Waals surface area contributed by atoms with Crippen LogP contribution in [0, 0.1) is 30.9 Å². The van der Waals surface area contributed by atoms with E-state index < -0.39 is 12.7 Å². The molecule has 2 aromatic heterocycles. The van der Waals surface area contributed by atoms with Gasteiger partial charge in [-0.05, 0) is 42.6 Å². The highest BCUT2D eigenvalue weighted by Crippen LogP contribution is 2.41. The number of nitrogens with zero attached hydrogens (tertiary/aromatic N) is 2. The van der Waals surface area contributed by atoms with E-state index in [-0.39, 0.29) is 5.56 Å². The lowest BCUT2D eigenvalue weighted by molar-refractivity contribution is -0.662. The average Bonchev–Trinajstić information content (AvgIpc) is 3.17. The van der Waals surface area contributed by atoms with Crippen LogP contribution in [0.15, 0.2) is 71.3 Å². The van der Waals surface area contributed by atoms with Crippen LogP contribution in [0.3, 0.4) is 0 Å². The summed E-state index contributed by atoms with van der Waals surface area (Å²) in [6, 6.07) is 20.7. The van der Waals surface area contributed by atoms with Crippen molar-refractivity contribution in [3.05, 3.63) is 89.4 Å². The van der Waals surface area contributed by atoms with Crippen molar-refractivity contribution in [2.24, 2.45) is 7.05 Å². The van der Waals surface area contributed by atoms with E-state index in [1.54, 1.807) is 17.7 Å². The van der Waals surface area contributed by atoms with Gasteiger partial charge in [0.2, 0.25) is 11.9 Å². The van der Waals surface area contributed by atoms with Gasteiger partial charge in [-0.15, -0.1) is 0 Å². The predicted molar refractivity (Wildman–Crippen MR) is 120 cm³/mol. The number of furan rings is 1. The quantitative estimate of drug-likeness (QED) is 0.317. The highest BCUT2D eigenvalue weighted by atomic mass is 19.1. The summed E-state index contributed by atoms with van der Waals surface area (Å²) in [4.78, 5) is 0. The number of benzene rings is 3. The summed E-state index contributed by atoms with van der Waals surface area (Å²) < 4.78 is 45.8. The molecular weight excluding hydrogens is 387 g/mol. The highest BCUT2D eigenvalue weighted by Gasteiger charge is 2.24. The molecule has 2 heterocycles. The molecule has 0 saturated carbocycles. The zero-order valence-corrected chi connectivity index (χ0v) is 17.0. The maximum atomic E-state index is 14.5. The van der Waals surface area contributed by atoms with Gasteiger partial charge in [-0.2, -0.15) is 9.83 Å². The first-order chi connectivity index (χ1) is 16.2. The molecule has 0 radical (unpaired) electrons. The zero-order valence-electron chi connectivity index (χ0n) is 20.0. The molecule has 0 aliphatic heterocycles. The van der Waals surface area contributed by atoms with Gasteiger partial charge >= 0.3 is 0 Å². The van der Waals surface area contributed by atoms with E-state index in [0.29, 0.717) is 33.6 Å². The molecule has 0 aliphatic carbocycles. The van der Waals surface area contributed by atoms with Crippen molar-refractivity contribution in [1.29, 1.82) is 5.26 Å². The number of halogens is 1. The fourth-order valence-electron chi connectivity index (χ4n) is 4.17. The Morgan fingerprint density at radius 3 is 2.39 bits per heavy atom. The van der Waals surface area contributed by atoms with Crippen LogP contribution >= 0.6 is 0 Å². The van der Waals surface area contributed by atoms with Crippen LogP contribution in [0.25, 0.3) is 44.3 Å². The van der Waals surface area contributed by atoms with Gasteiger partial charge in [-0.3, -0.25) is 0 Å². The van der Waals surface area contributed by atoms with Crippen LogP contribution in [0.1, 0.15) is 20.8 Å². The first-order valence-electron chi connectivity index (χ1n) is 11.3. The summed E-state index contributed by atoms with van der Waals surface area (Å²) in [6.07, 6.45) is 1.18. The van der Waals surface area contributed by atoms with Gasteiger partial charge in [0.05, 0.1) is 17.2 Å². The van der Waals surface area contributed by atoms with Crippen LogP contribution in [0.4, 0.5) is 4.39 Å². The minimum absolute atomic E-state index is 0.343. The van der Waals surface area contributed by atoms with Crippen molar-refractivity contribution in [3.63, 3.8) is 0 Å². The number of rotatable bonds is 2. The second-order valence-corrected chi connectivity index (χ2v) is 7.61. The normalized spacial score (nSPS) is 13.0. The minimum Gasteiger partial charge on any atom is -0.454 e. The average molecular weight is 410 g/mol. The van der Waals surface area contributed by atoms with E-state index in [1.807, 2.05) is 55.5 Å². The Balaban J connectivity index is 1.90. The van der Waals surface area contributed by atoms with Gasteiger partial charge in [0.1, 0.15) is 18.2 Å². The molecule has 0 unspecified atom stereocenters. The number of fused-ring (bicyclic) bond motifs is 3. The van der Waals surface area contributed by atoms with Gasteiger partial charge in [-0.1, -0.05) is 42.5 Å². The molecule has 150 valence electrons. The number of pyridine rings is 1. The van der Waals surface area contributed by atoms with E-state index in [4.69, 9.17) is 8.53 Å². The summed E-state index contributed by atoms with van der Waals surface area (Å²) in [5, 5.41) is 11.4. The number of hydrogen-bond donors (Lipinski definition) is 0. The van der Waals surface area contributed by atoms with Crippen molar-refractivity contribution < 1.29 is 17.5 Å². The van der Waals surface area contributed by atoms with Crippen LogP contribution in [0.2, 0.25) is 0 Å². The molecule has 0 spiro atoms. The summed E-state index contributed by atoms with van der Waals surface area (Å²) in [7, 11) is 1.67. The van der Waals surface area contributed by atoms with Crippen molar-refractivity contribution in [3.8, 4) is 28.5 Å². The van der Waals surface area contributed by atoms with Crippen molar-refractivity contribution in [2.75, 3.05) is 0 Å². The van der Waals surface area contributed by atoms with E-state index in [0.717, 1.165) is 21.9 Å². The van der Waals surface area contributed by atoms with E-state index in [9.17, 15) is 9.65 Å². The predicted octanol–water partition coefficient (Wildman–Crippen LogP) is 6.37. The molecule has 3 aromatic carbocycles. The lowest BCUT2D eigenvalue weighted by Gasteiger charge is -2.07. The summed E-state index contributed by atoms with van der Waals surface area (Å²) in [5.74, 6) is -0.786. The molecule has 0 aliphatic rings. The van der Waals surface area contributed by atoms with E-state index >= 15 is 0 Å². The van der Waals surface area contributed by atoms with Crippen molar-refractivity contribution in [1.82, 2.24) is 0 Å². The number of aryl methyl sites for hydroxylation is 3. The first kappa shape index (κ1) is 15.8. The Labute approximate surface area is 183 Å². The van der Waals surface area contributed by atoms with Crippen LogP contribution in [-0.2, 0) is 7.05 Å². The third kappa shape index (κ3) is 2.90. The fraction of sp³-hybridized carbons (Fsp3) is 0.111. The molecule has 0 atom stereocenters. The zero-order chi connectivity index (χ0) is 24.2. The van der Waals surface area contributed by atoms with Crippen LogP contribution < -0.4 is 4.57 Å². The Kier molecular flexibility index (Phi) is 3.61. The standard InChI is InChI=1S/C27H20FN2O/c1-16-9-11-20-21-12-10-19(14-29)25(18-7-5-4-6-8-18)27(21)31-26(20)24(16)23-13-17(2)22(28)15-30(23)3/h4-13,15H,1-3H3/q+1/i2D3. The topological polar surface area (TPSA) is 40.8 Å². The Morgan fingerprint density at radius 1 is 0.968 bits per heavy atom. The molecule has 5 rings (SSSR count). The highest BCUT2D eigenvalue weighted by molar-refractivity contribution is 6.13.